The molecule has 0 bridgehead atoms. The molecule has 8 heteroatoms. The van der Waals surface area contributed by atoms with E-state index in [0.29, 0.717) is 17.4 Å². The molecule has 2 fully saturated rings. The first kappa shape index (κ1) is 27.3. The van der Waals surface area contributed by atoms with E-state index in [2.05, 4.69) is 43.3 Å². The molecule has 2 aliphatic rings. The third-order valence-electron chi connectivity index (χ3n) is 8.29. The van der Waals surface area contributed by atoms with Crippen LogP contribution in [-0.4, -0.2) is 57.2 Å². The zero-order chi connectivity index (χ0) is 27.4. The minimum absolute atomic E-state index is 0.156. The molecule has 3 aromatic heterocycles. The summed E-state index contributed by atoms with van der Waals surface area (Å²) >= 11 is 0. The van der Waals surface area contributed by atoms with Crippen molar-refractivity contribution in [3.63, 3.8) is 0 Å². The maximum atomic E-state index is 13.2. The lowest BCUT2D eigenvalue weighted by Gasteiger charge is -2.22. The summed E-state index contributed by atoms with van der Waals surface area (Å²) in [5.74, 6) is 1.21. The second-order valence-corrected chi connectivity index (χ2v) is 10.9. The van der Waals surface area contributed by atoms with E-state index in [4.69, 9.17) is 5.10 Å². The molecule has 8 nitrogen and oxygen atoms in total. The molecule has 5 heterocycles. The third-order valence-corrected chi connectivity index (χ3v) is 8.29. The van der Waals surface area contributed by atoms with Crippen molar-refractivity contribution in [1.29, 1.82) is 0 Å². The molecule has 2 saturated heterocycles. The van der Waals surface area contributed by atoms with E-state index in [-0.39, 0.29) is 5.91 Å². The predicted octanol–water partition coefficient (Wildman–Crippen LogP) is 6.05. The number of aryl methyl sites for hydroxylation is 2. The number of piperidine rings is 1. The zero-order valence-electron chi connectivity index (χ0n) is 23.9. The van der Waals surface area contributed by atoms with Gasteiger partial charge in [-0.1, -0.05) is 19.9 Å². The van der Waals surface area contributed by atoms with Gasteiger partial charge in [0.05, 0.1) is 16.7 Å². The van der Waals surface area contributed by atoms with Gasteiger partial charge in [-0.05, 0) is 96.2 Å². The summed E-state index contributed by atoms with van der Waals surface area (Å²) in [7, 11) is 2.17. The maximum Gasteiger partial charge on any atom is 0.256 e. The fourth-order valence-electron chi connectivity index (χ4n) is 6.14. The third kappa shape index (κ3) is 6.02. The SMILES string of the molecule is CC.Cc1nn(CCCC2CCNCC2)c2cc(C(=O)Nc3cc4[nH]c(C5CCCN5C)cc4cn3)ccc12. The molecular weight excluding hydrogens is 486 g/mol. The van der Waals surface area contributed by atoms with Crippen LogP contribution in [0.1, 0.15) is 80.2 Å². The van der Waals surface area contributed by atoms with Crippen LogP contribution in [0.2, 0.25) is 0 Å². The smallest absolute Gasteiger partial charge is 0.256 e. The van der Waals surface area contributed by atoms with Crippen molar-refractivity contribution in [2.24, 2.45) is 5.92 Å². The van der Waals surface area contributed by atoms with Crippen LogP contribution in [0.15, 0.2) is 36.5 Å². The van der Waals surface area contributed by atoms with Gasteiger partial charge >= 0.3 is 0 Å². The number of aromatic amines is 1. The van der Waals surface area contributed by atoms with E-state index in [1.807, 2.05) is 51.2 Å². The number of anilines is 1. The fourth-order valence-corrected chi connectivity index (χ4v) is 6.14. The van der Waals surface area contributed by atoms with Crippen LogP contribution in [0.4, 0.5) is 5.82 Å². The van der Waals surface area contributed by atoms with Gasteiger partial charge in [0.15, 0.2) is 0 Å². The Morgan fingerprint density at radius 2 is 1.95 bits per heavy atom. The minimum Gasteiger partial charge on any atom is -0.357 e. The molecule has 4 aromatic rings. The lowest BCUT2D eigenvalue weighted by molar-refractivity contribution is 0.102. The number of pyridine rings is 1. The summed E-state index contributed by atoms with van der Waals surface area (Å²) in [6.45, 7) is 10.3. The number of aromatic nitrogens is 4. The van der Waals surface area contributed by atoms with Gasteiger partial charge in [-0.25, -0.2) is 4.98 Å². The Hall–Kier alpha value is -3.23. The lowest BCUT2D eigenvalue weighted by Crippen LogP contribution is -2.27. The average Bonchev–Trinajstić information content (AvgIpc) is 3.66. The minimum atomic E-state index is -0.156. The summed E-state index contributed by atoms with van der Waals surface area (Å²) in [4.78, 5) is 23.6. The first-order chi connectivity index (χ1) is 19.0. The number of amides is 1. The van der Waals surface area contributed by atoms with E-state index < -0.39 is 0 Å². The molecule has 3 N–H and O–H groups in total. The highest BCUT2D eigenvalue weighted by Gasteiger charge is 2.24. The number of nitrogens with zero attached hydrogens (tertiary/aromatic N) is 4. The maximum absolute atomic E-state index is 13.2. The molecule has 0 aliphatic carbocycles. The van der Waals surface area contributed by atoms with Gasteiger partial charge in [0.25, 0.3) is 5.91 Å². The standard InChI is InChI=1S/C29H37N7O.C2H6/c1-19-23-8-7-21(16-27(23)36(34-19)14-3-5-20-9-11-30-12-10-20)29(37)33-28-17-24-22(18-31-28)15-25(32-24)26-6-4-13-35(26)2;1-2/h7-8,15-18,20,26,30,32H,3-6,9-14H2,1-2H3,(H,31,33,37);1-2H3. The van der Waals surface area contributed by atoms with Crippen molar-refractivity contribution in [3.8, 4) is 0 Å². The van der Waals surface area contributed by atoms with E-state index >= 15 is 0 Å². The van der Waals surface area contributed by atoms with Gasteiger partial charge < -0.3 is 15.6 Å². The van der Waals surface area contributed by atoms with Gasteiger partial charge in [0.1, 0.15) is 5.82 Å². The van der Waals surface area contributed by atoms with Crippen LogP contribution in [0.3, 0.4) is 0 Å². The van der Waals surface area contributed by atoms with Crippen LogP contribution < -0.4 is 10.6 Å². The van der Waals surface area contributed by atoms with Crippen LogP contribution in [-0.2, 0) is 6.54 Å². The highest BCUT2D eigenvalue weighted by molar-refractivity contribution is 6.06. The van der Waals surface area contributed by atoms with E-state index in [0.717, 1.165) is 72.4 Å². The Kier molecular flexibility index (Phi) is 8.63. The fraction of sp³-hybridized carbons (Fsp3) is 0.516. The molecule has 39 heavy (non-hydrogen) atoms. The molecule has 2 aliphatic heterocycles. The number of likely N-dealkylation sites (tertiary alicyclic amines) is 1. The van der Waals surface area contributed by atoms with Crippen molar-refractivity contribution < 1.29 is 4.79 Å². The Balaban J connectivity index is 0.00000151. The second kappa shape index (κ2) is 12.3. The Morgan fingerprint density at radius 3 is 2.72 bits per heavy atom. The normalized spacial score (nSPS) is 18.4. The van der Waals surface area contributed by atoms with Gasteiger partial charge in [-0.15, -0.1) is 0 Å². The summed E-state index contributed by atoms with van der Waals surface area (Å²) in [6.07, 6.45) is 9.09. The Morgan fingerprint density at radius 1 is 1.13 bits per heavy atom. The molecule has 1 unspecified atom stereocenters. The number of nitrogens with one attached hydrogen (secondary N) is 3. The largest absolute Gasteiger partial charge is 0.357 e. The van der Waals surface area contributed by atoms with Crippen molar-refractivity contribution in [2.75, 3.05) is 32.0 Å². The van der Waals surface area contributed by atoms with E-state index in [1.54, 1.807) is 0 Å². The molecule has 1 atom stereocenters. The van der Waals surface area contributed by atoms with Crippen LogP contribution in [0, 0.1) is 12.8 Å². The number of carbonyl (C=O) groups is 1. The summed E-state index contributed by atoms with van der Waals surface area (Å²) < 4.78 is 2.08. The predicted molar refractivity (Wildman–Crippen MR) is 159 cm³/mol. The van der Waals surface area contributed by atoms with Gasteiger partial charge in [-0.3, -0.25) is 14.4 Å². The molecular formula is C31H43N7O. The molecule has 0 radical (unpaired) electrons. The van der Waals surface area contributed by atoms with Crippen LogP contribution in [0.25, 0.3) is 21.8 Å². The first-order valence-electron chi connectivity index (χ1n) is 14.7. The van der Waals surface area contributed by atoms with Crippen LogP contribution >= 0.6 is 0 Å². The summed E-state index contributed by atoms with van der Waals surface area (Å²) in [5.41, 5.74) is 4.86. The lowest BCUT2D eigenvalue weighted by atomic mass is 9.93. The zero-order valence-corrected chi connectivity index (χ0v) is 23.9. The number of rotatable bonds is 7. The highest BCUT2D eigenvalue weighted by atomic mass is 16.1. The molecule has 1 amide bonds. The Bertz CT molecular complexity index is 1420. The highest BCUT2D eigenvalue weighted by Crippen LogP contribution is 2.32. The number of benzene rings is 1. The van der Waals surface area contributed by atoms with Crippen molar-refractivity contribution in [1.82, 2.24) is 30.0 Å². The van der Waals surface area contributed by atoms with E-state index in [9.17, 15) is 4.79 Å². The molecule has 208 valence electrons. The molecule has 6 rings (SSSR count). The topological polar surface area (TPSA) is 90.9 Å². The van der Waals surface area contributed by atoms with Crippen LogP contribution in [0.5, 0.6) is 0 Å². The van der Waals surface area contributed by atoms with Gasteiger partial charge in [0, 0.05) is 46.9 Å². The van der Waals surface area contributed by atoms with Crippen molar-refractivity contribution in [2.45, 2.75) is 71.9 Å². The molecule has 0 spiro atoms. The first-order valence-corrected chi connectivity index (χ1v) is 14.7. The number of hydrogen-bond donors (Lipinski definition) is 3. The Labute approximate surface area is 231 Å². The second-order valence-electron chi connectivity index (χ2n) is 10.9. The quantitative estimate of drug-likeness (QED) is 0.271. The van der Waals surface area contributed by atoms with E-state index in [1.165, 1.54) is 31.4 Å². The number of carbonyl (C=O) groups excluding carboxylic acids is 1. The summed E-state index contributed by atoms with van der Waals surface area (Å²) in [6, 6.07) is 10.4. The molecule has 1 aromatic carbocycles. The van der Waals surface area contributed by atoms with Gasteiger partial charge in [-0.2, -0.15) is 5.10 Å². The monoisotopic (exact) mass is 529 g/mol. The van der Waals surface area contributed by atoms with Crippen molar-refractivity contribution in [3.05, 3.63) is 53.5 Å². The molecule has 0 saturated carbocycles. The number of hydrogen-bond acceptors (Lipinski definition) is 5. The average molecular weight is 530 g/mol. The van der Waals surface area contributed by atoms with Crippen molar-refractivity contribution >= 4 is 33.5 Å². The number of H-pyrrole nitrogens is 1. The number of fused-ring (bicyclic) bond motifs is 2. The summed E-state index contributed by atoms with van der Waals surface area (Å²) in [5, 5.41) is 13.4. The van der Waals surface area contributed by atoms with Gasteiger partial charge in [0.2, 0.25) is 0 Å².